The number of aliphatic carboxylic acids is 1. The summed E-state index contributed by atoms with van der Waals surface area (Å²) in [7, 11) is 13.1. The standard InChI is InChI=1S/C41H64N4O6S.C40H63N5O6S.C21H39NO5/c1-12-27(4)36(44(9)40(49)30(26(2)3)24-34(46)41(6,7)8)33(50-10)25-35(47)45-21-16-19-32(45)37(51-11)28(5)38(48)43-31(39-42-20-22-52-39)23-29-17-14-13-15-18-29;1-11-26(4)35(44(8)39(49)29(25(2)3)23-33(46)40(6,7)41)32(50-9)24-34(47)45-20-15-18-31(45)36(51-10)27(5)37(48)43-30(38-42-19-21-52-38)22-28-16-13-12-14-17-28;1-10-14(4)19(16(27-9)12-18(24)25)22(8)20(26)15(13(2)3)11-17(23)21(5,6)7/h13-15,17-18,20,22,26-28,30-33,36-37H,12,16,19,21,23-25H2,1-11H3,(H,43,48);12-14,16-17,19,21,25-27,29-32,35-36H,11,15,18,20,22-24,41H2,1-10H3,(H,43,48);13-16,19H,10-12H2,1-9H3,(H,24,25)/t27-,28+,30-,31-,32-,33+,36-,37+;26-,27+,29-,30-,31-,32+,35-,36+;14-,15-,16+,19-/m000/s1. The molecule has 2 saturated heterocycles. The van der Waals surface area contributed by atoms with Gasteiger partial charge in [-0.15, -0.1) is 22.7 Å². The maximum absolute atomic E-state index is 14.2. The van der Waals surface area contributed by atoms with Crippen molar-refractivity contribution in [2.45, 2.75) is 327 Å². The van der Waals surface area contributed by atoms with E-state index in [1.165, 1.54) is 29.8 Å². The minimum Gasteiger partial charge on any atom is -0.481 e. The first-order chi connectivity index (χ1) is 61.4. The van der Waals surface area contributed by atoms with E-state index in [2.05, 4.69) is 48.3 Å². The maximum atomic E-state index is 14.2. The summed E-state index contributed by atoms with van der Waals surface area (Å²) in [6.07, 6.45) is 7.57. The summed E-state index contributed by atoms with van der Waals surface area (Å²) in [6.45, 7) is 43.3. The van der Waals surface area contributed by atoms with Crippen molar-refractivity contribution in [2.75, 3.05) is 69.8 Å². The number of hydrogen-bond acceptors (Lipinski definition) is 21. The molecule has 0 radical (unpaired) electrons. The number of likely N-dealkylation sites (tertiary alicyclic amines) is 2. The highest BCUT2D eigenvalue weighted by molar-refractivity contribution is 7.09. The summed E-state index contributed by atoms with van der Waals surface area (Å²) >= 11 is 3.01. The van der Waals surface area contributed by atoms with Gasteiger partial charge in [-0.3, -0.25) is 52.7 Å². The summed E-state index contributed by atoms with van der Waals surface area (Å²) in [5, 5.41) is 21.2. The smallest absolute Gasteiger partial charge is 0.306 e. The molecule has 4 heterocycles. The van der Waals surface area contributed by atoms with Crippen molar-refractivity contribution in [1.29, 1.82) is 0 Å². The van der Waals surface area contributed by atoms with Gasteiger partial charge in [0.15, 0.2) is 5.78 Å². The van der Waals surface area contributed by atoms with E-state index in [-0.39, 0.29) is 169 Å². The van der Waals surface area contributed by atoms with Gasteiger partial charge in [0, 0.05) is 141 Å². The zero-order chi connectivity index (χ0) is 99.0. The van der Waals surface area contributed by atoms with Crippen LogP contribution in [0.4, 0.5) is 0 Å². The van der Waals surface area contributed by atoms with Gasteiger partial charge in [0.1, 0.15) is 21.6 Å². The number of carbonyl (C=O) groups is 11. The highest BCUT2D eigenvalue weighted by atomic mass is 32.1. The number of benzene rings is 2. The number of likely N-dealkylation sites (N-methyl/N-ethyl adjacent to an activating group) is 3. The molecule has 0 aliphatic carbocycles. The molecule has 29 heteroatoms. The van der Waals surface area contributed by atoms with E-state index in [0.717, 1.165) is 53.2 Å². The first-order valence-corrected chi connectivity index (χ1v) is 49.2. The second-order valence-corrected chi connectivity index (χ2v) is 42.1. The number of methoxy groups -OCH3 is 5. The molecule has 2 aromatic heterocycles. The first-order valence-electron chi connectivity index (χ1n) is 47.5. The molecule has 2 aromatic carbocycles. The van der Waals surface area contributed by atoms with Crippen molar-refractivity contribution in [3.8, 4) is 0 Å². The van der Waals surface area contributed by atoms with E-state index >= 15 is 0 Å². The van der Waals surface area contributed by atoms with Crippen LogP contribution in [0.2, 0.25) is 0 Å². The number of hydrogen-bond donors (Lipinski definition) is 4. The lowest BCUT2D eigenvalue weighted by molar-refractivity contribution is -0.149. The topological polar surface area (TPSA) is 346 Å². The third kappa shape index (κ3) is 33.9. The van der Waals surface area contributed by atoms with E-state index in [1.807, 2.05) is 192 Å². The van der Waals surface area contributed by atoms with Gasteiger partial charge in [-0.05, 0) is 99.0 Å². The van der Waals surface area contributed by atoms with Crippen molar-refractivity contribution >= 4 is 87.3 Å². The van der Waals surface area contributed by atoms with Crippen LogP contribution in [-0.4, -0.2) is 240 Å². The summed E-state index contributed by atoms with van der Waals surface area (Å²) in [5.41, 5.74) is 6.20. The Hall–Kier alpha value is -7.77. The third-order valence-electron chi connectivity index (χ3n) is 27.3. The second-order valence-electron chi connectivity index (χ2n) is 40.3. The lowest BCUT2D eigenvalue weighted by Gasteiger charge is -2.41. The fourth-order valence-corrected chi connectivity index (χ4v) is 19.5. The molecule has 20 atom stereocenters. The number of Topliss-reactive ketones (excluding diaryl/α,β-unsaturated/α-hetero) is 3. The van der Waals surface area contributed by atoms with E-state index in [0.29, 0.717) is 38.8 Å². The molecule has 6 rings (SSSR count). The van der Waals surface area contributed by atoms with E-state index in [9.17, 15) is 57.8 Å². The van der Waals surface area contributed by atoms with Gasteiger partial charge in [0.2, 0.25) is 41.4 Å². The van der Waals surface area contributed by atoms with Gasteiger partial charge in [-0.2, -0.15) is 0 Å². The zero-order valence-corrected chi connectivity index (χ0v) is 86.5. The molecular formula is C102H166N10O17S2. The van der Waals surface area contributed by atoms with E-state index < -0.39 is 88.5 Å². The molecule has 2 fully saturated rings. The molecular weight excluding hydrogens is 1700 g/mol. The number of ketones is 3. The highest BCUT2D eigenvalue weighted by Crippen LogP contribution is 2.37. The molecule has 0 spiro atoms. The van der Waals surface area contributed by atoms with Gasteiger partial charge in [0.05, 0.1) is 109 Å². The monoisotopic (exact) mass is 1870 g/mol. The van der Waals surface area contributed by atoms with Gasteiger partial charge >= 0.3 is 5.97 Å². The number of aromatic nitrogens is 2. The van der Waals surface area contributed by atoms with Crippen LogP contribution in [0.25, 0.3) is 0 Å². The number of rotatable bonds is 50. The van der Waals surface area contributed by atoms with Gasteiger partial charge in [0.25, 0.3) is 0 Å². The third-order valence-corrected chi connectivity index (χ3v) is 29.0. The molecule has 0 unspecified atom stereocenters. The summed E-state index contributed by atoms with van der Waals surface area (Å²) in [5.74, 6) is -4.50. The van der Waals surface area contributed by atoms with Gasteiger partial charge < -0.3 is 69.7 Å². The average molecular weight is 1870 g/mol. The Labute approximate surface area is 792 Å². The molecule has 131 heavy (non-hydrogen) atoms. The molecule has 7 amide bonds. The number of carbonyl (C=O) groups excluding carboxylic acids is 10. The van der Waals surface area contributed by atoms with Crippen molar-refractivity contribution < 1.29 is 81.5 Å². The molecule has 5 N–H and O–H groups in total. The van der Waals surface area contributed by atoms with Crippen LogP contribution >= 0.6 is 22.7 Å². The first kappa shape index (κ1) is 116. The fourth-order valence-electron chi connectivity index (χ4n) is 18.1. The maximum Gasteiger partial charge on any atom is 0.306 e. The predicted molar refractivity (Wildman–Crippen MR) is 519 cm³/mol. The van der Waals surface area contributed by atoms with E-state index in [1.54, 1.807) is 90.5 Å². The normalized spacial score (nSPS) is 18.5. The minimum atomic E-state index is -1.04. The number of carboxylic acids is 1. The van der Waals surface area contributed by atoms with Crippen LogP contribution in [0.5, 0.6) is 0 Å². The van der Waals surface area contributed by atoms with Crippen LogP contribution in [0, 0.1) is 75.9 Å². The molecule has 0 saturated carbocycles. The number of amides is 7. The number of nitrogens with zero attached hydrogens (tertiary/aromatic N) is 7. The highest BCUT2D eigenvalue weighted by Gasteiger charge is 2.48. The van der Waals surface area contributed by atoms with Crippen molar-refractivity contribution in [3.63, 3.8) is 0 Å². The lowest BCUT2D eigenvalue weighted by Crippen LogP contribution is -2.54. The van der Waals surface area contributed by atoms with E-state index in [4.69, 9.17) is 29.4 Å². The Morgan fingerprint density at radius 3 is 1.00 bits per heavy atom. The number of thiazole rings is 2. The zero-order valence-electron chi connectivity index (χ0n) is 84.9. The SMILES string of the molecule is CC[C@H](C)[C@@H]([C@@H](CC(=O)N1CCC[C@H]1[C@H](OC)[C@@H](C)C(=O)N[C@@H](Cc1ccccc1)c1nccs1)OC)N(C)C(=O)[C@@H](CC(=O)C(C)(C)C)C(C)C.CC[C@H](C)[C@@H]([C@@H](CC(=O)N1CCC[C@H]1[C@H](OC)[C@@H](C)C(=O)N[C@@H](Cc1ccccc1)c1nccs1)OC)N(C)C(=O)[C@@H](CC(=O)C(C)(C)N)C(C)C.CC[C@H](C)[C@@H]([C@@H](CC(=O)O)OC)N(C)C(=O)[C@@H](CC(=O)C(C)(C)C)C(C)C. The number of nitrogens with two attached hydrogens (primary N) is 1. The van der Waals surface area contributed by atoms with Crippen molar-refractivity contribution in [1.82, 2.24) is 45.1 Å². The predicted octanol–water partition coefficient (Wildman–Crippen LogP) is 15.8. The Morgan fingerprint density at radius 2 is 0.756 bits per heavy atom. The Kier molecular flexibility index (Phi) is 48.2. The van der Waals surface area contributed by atoms with Crippen LogP contribution in [-0.2, 0) is 89.3 Å². The molecule has 27 nitrogen and oxygen atoms in total. The summed E-state index contributed by atoms with van der Waals surface area (Å²) in [4.78, 5) is 165. The summed E-state index contributed by atoms with van der Waals surface area (Å²) < 4.78 is 29.5. The fraction of sp³-hybridized carbons (Fsp3) is 0.716. The van der Waals surface area contributed by atoms with Crippen LogP contribution in [0.3, 0.4) is 0 Å². The molecule has 0 bridgehead atoms. The minimum absolute atomic E-state index is 0.00398. The Balaban J connectivity index is 0.000000433. The molecule has 2 aliphatic heterocycles. The number of carboxylic acid groups (broad SMARTS) is 1. The molecule has 738 valence electrons. The van der Waals surface area contributed by atoms with Crippen LogP contribution in [0.1, 0.15) is 269 Å². The molecule has 4 aromatic rings. The Morgan fingerprint density at radius 1 is 0.458 bits per heavy atom. The molecule has 2 aliphatic rings. The lowest BCUT2D eigenvalue weighted by atomic mass is 9.80. The summed E-state index contributed by atoms with van der Waals surface area (Å²) in [6, 6.07) is 17.7. The van der Waals surface area contributed by atoms with Crippen LogP contribution in [0.15, 0.2) is 83.8 Å². The van der Waals surface area contributed by atoms with Gasteiger partial charge in [-0.25, -0.2) is 9.97 Å². The number of nitrogens with one attached hydrogen (secondary N) is 2. The number of ether oxygens (including phenoxy) is 5. The average Bonchev–Trinajstić information content (AvgIpc) is 1.43. The quantitative estimate of drug-likeness (QED) is 0.0319. The largest absolute Gasteiger partial charge is 0.481 e. The second kappa shape index (κ2) is 54.7. The van der Waals surface area contributed by atoms with Crippen LogP contribution < -0.4 is 16.4 Å². The van der Waals surface area contributed by atoms with Crippen molar-refractivity contribution in [3.05, 3.63) is 105 Å². The Bertz CT molecular complexity index is 3940. The van der Waals surface area contributed by atoms with Crippen molar-refractivity contribution in [2.24, 2.45) is 81.7 Å². The van der Waals surface area contributed by atoms with Gasteiger partial charge in [-0.1, -0.05) is 218 Å².